The van der Waals surface area contributed by atoms with Crippen LogP contribution >= 0.6 is 0 Å². The summed E-state index contributed by atoms with van der Waals surface area (Å²) in [5.74, 6) is 5.06. The van der Waals surface area contributed by atoms with Gasteiger partial charge in [-0.15, -0.1) is 0 Å². The van der Waals surface area contributed by atoms with Crippen LogP contribution < -0.4 is 5.32 Å². The minimum atomic E-state index is -0.214. The van der Waals surface area contributed by atoms with Gasteiger partial charge in [0.05, 0.1) is 5.56 Å². The highest BCUT2D eigenvalue weighted by atomic mass is 16.5. The summed E-state index contributed by atoms with van der Waals surface area (Å²) in [6.07, 6.45) is 4.83. The van der Waals surface area contributed by atoms with Crippen LogP contribution in [0.2, 0.25) is 0 Å². The van der Waals surface area contributed by atoms with Crippen LogP contribution in [0.25, 0.3) is 0 Å². The van der Waals surface area contributed by atoms with Crippen molar-refractivity contribution >= 4 is 5.91 Å². The highest BCUT2D eigenvalue weighted by molar-refractivity contribution is 5.94. The maximum absolute atomic E-state index is 11.9. The van der Waals surface area contributed by atoms with Gasteiger partial charge in [0, 0.05) is 37.7 Å². The summed E-state index contributed by atoms with van der Waals surface area (Å²) in [5.41, 5.74) is 1.07. The van der Waals surface area contributed by atoms with Gasteiger partial charge >= 0.3 is 0 Å². The van der Waals surface area contributed by atoms with Gasteiger partial charge in [-0.1, -0.05) is 18.8 Å². The van der Waals surface area contributed by atoms with Crippen molar-refractivity contribution in [2.75, 3.05) is 26.4 Å². The maximum atomic E-state index is 11.9. The van der Waals surface area contributed by atoms with E-state index >= 15 is 0 Å². The first kappa shape index (κ1) is 16.2. The number of amides is 1. The molecule has 1 amide bonds. The van der Waals surface area contributed by atoms with E-state index in [1.54, 1.807) is 12.3 Å². The second kappa shape index (κ2) is 9.96. The van der Waals surface area contributed by atoms with Crippen LogP contribution in [0, 0.1) is 11.8 Å². The number of ether oxygens (including phenoxy) is 1. The molecule has 5 nitrogen and oxygen atoms in total. The van der Waals surface area contributed by atoms with Gasteiger partial charge in [-0.3, -0.25) is 9.78 Å². The quantitative estimate of drug-likeness (QED) is 0.575. The van der Waals surface area contributed by atoms with E-state index in [0.29, 0.717) is 24.3 Å². The van der Waals surface area contributed by atoms with E-state index in [0.717, 1.165) is 19.4 Å². The molecule has 0 saturated heterocycles. The summed E-state index contributed by atoms with van der Waals surface area (Å²) < 4.78 is 5.33. The Bertz CT molecular complexity index is 477. The fourth-order valence-electron chi connectivity index (χ4n) is 1.50. The lowest BCUT2D eigenvalue weighted by Crippen LogP contribution is -2.25. The van der Waals surface area contributed by atoms with Crippen molar-refractivity contribution in [3.8, 4) is 11.8 Å². The number of hydrogen-bond donors (Lipinski definition) is 2. The lowest BCUT2D eigenvalue weighted by atomic mass is 10.2. The summed E-state index contributed by atoms with van der Waals surface area (Å²) in [7, 11) is 0. The number of carbonyl (C=O) groups is 1. The molecule has 108 valence electrons. The van der Waals surface area contributed by atoms with Crippen LogP contribution in [0.5, 0.6) is 0 Å². The highest BCUT2D eigenvalue weighted by Gasteiger charge is 2.05. The van der Waals surface area contributed by atoms with E-state index < -0.39 is 0 Å². The largest absolute Gasteiger partial charge is 0.384 e. The third kappa shape index (κ3) is 6.32. The van der Waals surface area contributed by atoms with Crippen molar-refractivity contribution in [1.29, 1.82) is 0 Å². The number of carbonyl (C=O) groups excluding carboxylic acids is 1. The predicted molar refractivity (Wildman–Crippen MR) is 76.3 cm³/mol. The Morgan fingerprint density at radius 2 is 2.30 bits per heavy atom. The van der Waals surface area contributed by atoms with E-state index in [9.17, 15) is 4.79 Å². The first-order valence-corrected chi connectivity index (χ1v) is 6.68. The van der Waals surface area contributed by atoms with Crippen molar-refractivity contribution in [3.63, 3.8) is 0 Å². The van der Waals surface area contributed by atoms with E-state index in [1.807, 2.05) is 0 Å². The Kier molecular flexibility index (Phi) is 8.04. The Labute approximate surface area is 119 Å². The molecular weight excluding hydrogens is 256 g/mol. The minimum Gasteiger partial charge on any atom is -0.384 e. The Balaban J connectivity index is 2.39. The van der Waals surface area contributed by atoms with Crippen LogP contribution in [0.15, 0.2) is 18.5 Å². The number of aromatic nitrogens is 1. The average molecular weight is 276 g/mol. The molecule has 0 atom stereocenters. The van der Waals surface area contributed by atoms with Gasteiger partial charge in [-0.25, -0.2) is 0 Å². The number of nitrogens with one attached hydrogen (secondary N) is 1. The van der Waals surface area contributed by atoms with Crippen molar-refractivity contribution in [2.45, 2.75) is 19.8 Å². The molecule has 0 unspecified atom stereocenters. The van der Waals surface area contributed by atoms with Gasteiger partial charge in [0.2, 0.25) is 0 Å². The van der Waals surface area contributed by atoms with E-state index in [2.05, 4.69) is 29.1 Å². The van der Waals surface area contributed by atoms with E-state index in [1.165, 1.54) is 6.20 Å². The molecule has 0 radical (unpaired) electrons. The third-order valence-electron chi connectivity index (χ3n) is 2.41. The van der Waals surface area contributed by atoms with Gasteiger partial charge in [-0.05, 0) is 18.9 Å². The average Bonchev–Trinajstić information content (AvgIpc) is 2.48. The monoisotopic (exact) mass is 276 g/mol. The van der Waals surface area contributed by atoms with E-state index in [-0.39, 0.29) is 12.5 Å². The van der Waals surface area contributed by atoms with Gasteiger partial charge in [0.1, 0.15) is 6.61 Å². The summed E-state index contributed by atoms with van der Waals surface area (Å²) in [6, 6.07) is 1.65. The van der Waals surface area contributed by atoms with Crippen LogP contribution in [-0.2, 0) is 4.74 Å². The fraction of sp³-hybridized carbons (Fsp3) is 0.467. The molecule has 0 aliphatic carbocycles. The summed E-state index contributed by atoms with van der Waals surface area (Å²) in [6.45, 7) is 3.81. The van der Waals surface area contributed by atoms with Gasteiger partial charge in [-0.2, -0.15) is 0 Å². The zero-order valence-corrected chi connectivity index (χ0v) is 11.7. The number of nitrogens with zero attached hydrogens (tertiary/aromatic N) is 1. The SMILES string of the molecule is CCCOCCCNC(=O)c1cncc(C#CCO)c1. The van der Waals surface area contributed by atoms with Gasteiger partial charge < -0.3 is 15.2 Å². The Hall–Kier alpha value is -1.90. The number of aliphatic hydroxyl groups excluding tert-OH is 1. The smallest absolute Gasteiger partial charge is 0.252 e. The van der Waals surface area contributed by atoms with Crippen molar-refractivity contribution in [2.24, 2.45) is 0 Å². The second-order valence-corrected chi connectivity index (χ2v) is 4.14. The zero-order valence-electron chi connectivity index (χ0n) is 11.7. The number of aliphatic hydroxyl groups is 1. The second-order valence-electron chi connectivity index (χ2n) is 4.14. The molecule has 2 N–H and O–H groups in total. The lowest BCUT2D eigenvalue weighted by Gasteiger charge is -2.05. The zero-order chi connectivity index (χ0) is 14.6. The maximum Gasteiger partial charge on any atom is 0.252 e. The molecule has 0 aromatic carbocycles. The molecule has 0 aliphatic heterocycles. The van der Waals surface area contributed by atoms with Crippen molar-refractivity contribution in [3.05, 3.63) is 29.6 Å². The molecule has 0 aliphatic rings. The van der Waals surface area contributed by atoms with Crippen LogP contribution in [0.1, 0.15) is 35.7 Å². The normalized spacial score (nSPS) is 9.70. The van der Waals surface area contributed by atoms with Crippen LogP contribution in [0.4, 0.5) is 0 Å². The topological polar surface area (TPSA) is 71.5 Å². The number of hydrogen-bond acceptors (Lipinski definition) is 4. The predicted octanol–water partition coefficient (Wildman–Crippen LogP) is 0.972. The molecule has 0 bridgehead atoms. The Morgan fingerprint density at radius 1 is 1.45 bits per heavy atom. The summed E-state index contributed by atoms with van der Waals surface area (Å²) in [5, 5.41) is 11.4. The molecule has 1 aromatic rings. The molecule has 1 aromatic heterocycles. The highest BCUT2D eigenvalue weighted by Crippen LogP contribution is 2.01. The molecule has 5 heteroatoms. The summed E-state index contributed by atoms with van der Waals surface area (Å²) >= 11 is 0. The lowest BCUT2D eigenvalue weighted by molar-refractivity contribution is 0.0941. The first-order valence-electron chi connectivity index (χ1n) is 6.68. The molecule has 0 saturated carbocycles. The molecular formula is C15H20N2O3. The molecule has 20 heavy (non-hydrogen) atoms. The van der Waals surface area contributed by atoms with Crippen molar-refractivity contribution in [1.82, 2.24) is 10.3 Å². The third-order valence-corrected chi connectivity index (χ3v) is 2.41. The van der Waals surface area contributed by atoms with Crippen LogP contribution in [-0.4, -0.2) is 42.4 Å². The minimum absolute atomic E-state index is 0.180. The first-order chi connectivity index (χ1) is 9.77. The standard InChI is InChI=1S/C15H20N2O3/c1-2-8-20-9-4-6-17-15(19)14-10-13(5-3-7-18)11-16-12-14/h10-12,18H,2,4,6-9H2,1H3,(H,17,19). The molecule has 1 heterocycles. The van der Waals surface area contributed by atoms with Gasteiger partial charge in [0.15, 0.2) is 0 Å². The number of pyridine rings is 1. The Morgan fingerprint density at radius 3 is 3.05 bits per heavy atom. The fourth-order valence-corrected chi connectivity index (χ4v) is 1.50. The number of rotatable bonds is 7. The van der Waals surface area contributed by atoms with Crippen molar-refractivity contribution < 1.29 is 14.6 Å². The molecule has 1 rings (SSSR count). The molecule has 0 spiro atoms. The summed E-state index contributed by atoms with van der Waals surface area (Å²) in [4.78, 5) is 15.8. The molecule has 0 fully saturated rings. The van der Waals surface area contributed by atoms with E-state index in [4.69, 9.17) is 9.84 Å². The van der Waals surface area contributed by atoms with Crippen LogP contribution in [0.3, 0.4) is 0 Å². The van der Waals surface area contributed by atoms with Gasteiger partial charge in [0.25, 0.3) is 5.91 Å².